The molecule has 0 N–H and O–H groups in total. The number of nitrogens with zero attached hydrogens (tertiary/aromatic N) is 2. The minimum absolute atomic E-state index is 0.152. The fourth-order valence-electron chi connectivity index (χ4n) is 3.80. The SMILES string of the molecule is CCN(C(=O)c1cn(-c2cccc(OC)c2)c(=O)c2ccccc12)c1cccc(C)c1. The van der Waals surface area contributed by atoms with E-state index in [1.165, 1.54) is 4.57 Å². The van der Waals surface area contributed by atoms with Gasteiger partial charge in [0.2, 0.25) is 0 Å². The van der Waals surface area contributed by atoms with E-state index in [-0.39, 0.29) is 11.5 Å². The summed E-state index contributed by atoms with van der Waals surface area (Å²) in [6, 6.07) is 22.3. The molecule has 0 unspecified atom stereocenters. The molecule has 0 spiro atoms. The second kappa shape index (κ2) is 8.48. The number of aromatic nitrogens is 1. The molecule has 0 saturated carbocycles. The maximum Gasteiger partial charge on any atom is 0.262 e. The Hall–Kier alpha value is -3.86. The number of carbonyl (C=O) groups is 1. The first-order valence-electron chi connectivity index (χ1n) is 10.2. The zero-order valence-electron chi connectivity index (χ0n) is 17.8. The molecule has 5 nitrogen and oxygen atoms in total. The molecule has 156 valence electrons. The molecule has 0 aliphatic rings. The molecule has 4 aromatic rings. The van der Waals surface area contributed by atoms with Gasteiger partial charge in [-0.1, -0.05) is 36.4 Å². The fraction of sp³-hybridized carbons (Fsp3) is 0.154. The maximum absolute atomic E-state index is 13.7. The molecule has 0 radical (unpaired) electrons. The predicted molar refractivity (Wildman–Crippen MR) is 125 cm³/mol. The van der Waals surface area contributed by atoms with Gasteiger partial charge in [-0.2, -0.15) is 0 Å². The molecule has 1 heterocycles. The molecule has 0 saturated heterocycles. The summed E-state index contributed by atoms with van der Waals surface area (Å²) in [5.41, 5.74) is 2.84. The van der Waals surface area contributed by atoms with Crippen LogP contribution in [0.4, 0.5) is 5.69 Å². The highest BCUT2D eigenvalue weighted by Crippen LogP contribution is 2.24. The second-order valence-electron chi connectivity index (χ2n) is 7.35. The summed E-state index contributed by atoms with van der Waals surface area (Å²) < 4.78 is 6.83. The lowest BCUT2D eigenvalue weighted by Crippen LogP contribution is -2.32. The molecule has 0 fully saturated rings. The summed E-state index contributed by atoms with van der Waals surface area (Å²) in [5, 5.41) is 1.14. The molecular weight excluding hydrogens is 388 g/mol. The largest absolute Gasteiger partial charge is 0.497 e. The number of benzene rings is 3. The molecule has 1 amide bonds. The Morgan fingerprint density at radius 2 is 1.71 bits per heavy atom. The van der Waals surface area contributed by atoms with E-state index in [4.69, 9.17) is 4.74 Å². The normalized spacial score (nSPS) is 10.8. The predicted octanol–water partition coefficient (Wildman–Crippen LogP) is 4.97. The van der Waals surface area contributed by atoms with Gasteiger partial charge in [0.1, 0.15) is 5.75 Å². The van der Waals surface area contributed by atoms with Crippen molar-refractivity contribution >= 4 is 22.4 Å². The van der Waals surface area contributed by atoms with Crippen molar-refractivity contribution in [1.29, 1.82) is 0 Å². The second-order valence-corrected chi connectivity index (χ2v) is 7.35. The van der Waals surface area contributed by atoms with Crippen LogP contribution in [0.3, 0.4) is 0 Å². The number of hydrogen-bond donors (Lipinski definition) is 0. The maximum atomic E-state index is 13.7. The number of hydrogen-bond acceptors (Lipinski definition) is 3. The standard InChI is InChI=1S/C26H24N2O3/c1-4-27(19-10-7-9-18(2)15-19)26(30)24-17-28(20-11-8-12-21(16-20)31-3)25(29)23-14-6-5-13-22(23)24/h5-17H,4H2,1-3H3. The molecule has 0 atom stereocenters. The number of aryl methyl sites for hydroxylation is 1. The highest BCUT2D eigenvalue weighted by molar-refractivity contribution is 6.13. The molecule has 4 rings (SSSR count). The molecule has 3 aromatic carbocycles. The molecule has 5 heteroatoms. The van der Waals surface area contributed by atoms with E-state index in [0.717, 1.165) is 11.3 Å². The number of fused-ring (bicyclic) bond motifs is 1. The lowest BCUT2D eigenvalue weighted by atomic mass is 10.1. The average molecular weight is 412 g/mol. The van der Waals surface area contributed by atoms with Gasteiger partial charge >= 0.3 is 0 Å². The Kier molecular flexibility index (Phi) is 5.58. The first-order chi connectivity index (χ1) is 15.0. The van der Waals surface area contributed by atoms with Gasteiger partial charge in [0.25, 0.3) is 11.5 Å². The Labute approximate surface area is 181 Å². The third-order valence-corrected chi connectivity index (χ3v) is 5.36. The van der Waals surface area contributed by atoms with E-state index in [1.807, 2.05) is 74.5 Å². The Bertz CT molecular complexity index is 1320. The Balaban J connectivity index is 1.93. The van der Waals surface area contributed by atoms with Crippen molar-refractivity contribution < 1.29 is 9.53 Å². The van der Waals surface area contributed by atoms with Crippen LogP contribution in [0.2, 0.25) is 0 Å². The van der Waals surface area contributed by atoms with Crippen LogP contribution < -0.4 is 15.2 Å². The topological polar surface area (TPSA) is 51.5 Å². The van der Waals surface area contributed by atoms with Crippen LogP contribution in [0, 0.1) is 6.92 Å². The van der Waals surface area contributed by atoms with Crippen molar-refractivity contribution in [3.63, 3.8) is 0 Å². The molecule has 0 bridgehead atoms. The van der Waals surface area contributed by atoms with Gasteiger partial charge in [0.15, 0.2) is 0 Å². The highest BCUT2D eigenvalue weighted by Gasteiger charge is 2.21. The minimum Gasteiger partial charge on any atom is -0.497 e. The number of ether oxygens (including phenoxy) is 1. The minimum atomic E-state index is -0.181. The molecule has 0 aliphatic heterocycles. The number of amides is 1. The van der Waals surface area contributed by atoms with E-state index < -0.39 is 0 Å². The first kappa shape index (κ1) is 20.4. The summed E-state index contributed by atoms with van der Waals surface area (Å²) in [6.45, 7) is 4.45. The summed E-state index contributed by atoms with van der Waals surface area (Å²) in [5.74, 6) is 0.487. The van der Waals surface area contributed by atoms with Gasteiger partial charge in [-0.15, -0.1) is 0 Å². The average Bonchev–Trinajstić information content (AvgIpc) is 2.80. The Morgan fingerprint density at radius 3 is 2.42 bits per heavy atom. The molecule has 31 heavy (non-hydrogen) atoms. The lowest BCUT2D eigenvalue weighted by Gasteiger charge is -2.23. The summed E-state index contributed by atoms with van der Waals surface area (Å²) in [6.07, 6.45) is 1.64. The first-order valence-corrected chi connectivity index (χ1v) is 10.2. The third kappa shape index (κ3) is 3.82. The summed E-state index contributed by atoms with van der Waals surface area (Å²) in [4.78, 5) is 28.7. The van der Waals surface area contributed by atoms with E-state index in [2.05, 4.69) is 0 Å². The zero-order chi connectivity index (χ0) is 22.0. The van der Waals surface area contributed by atoms with Crippen molar-refractivity contribution in [2.45, 2.75) is 13.8 Å². The van der Waals surface area contributed by atoms with Crippen LogP contribution in [-0.2, 0) is 0 Å². The van der Waals surface area contributed by atoms with Gasteiger partial charge < -0.3 is 9.64 Å². The van der Waals surface area contributed by atoms with E-state index in [0.29, 0.717) is 34.3 Å². The number of rotatable bonds is 5. The van der Waals surface area contributed by atoms with Crippen LogP contribution in [0.25, 0.3) is 16.5 Å². The number of carbonyl (C=O) groups excluding carboxylic acids is 1. The van der Waals surface area contributed by atoms with Gasteiger partial charge in [0, 0.05) is 35.3 Å². The van der Waals surface area contributed by atoms with Crippen LogP contribution in [0.5, 0.6) is 5.75 Å². The number of anilines is 1. The zero-order valence-corrected chi connectivity index (χ0v) is 17.8. The van der Waals surface area contributed by atoms with Crippen LogP contribution in [0.1, 0.15) is 22.8 Å². The highest BCUT2D eigenvalue weighted by atomic mass is 16.5. The third-order valence-electron chi connectivity index (χ3n) is 5.36. The van der Waals surface area contributed by atoms with Gasteiger partial charge in [-0.05, 0) is 49.7 Å². The van der Waals surface area contributed by atoms with Crippen LogP contribution in [-0.4, -0.2) is 24.1 Å². The van der Waals surface area contributed by atoms with Crippen molar-refractivity contribution in [1.82, 2.24) is 4.57 Å². The Morgan fingerprint density at radius 1 is 0.968 bits per heavy atom. The summed E-state index contributed by atoms with van der Waals surface area (Å²) in [7, 11) is 1.58. The van der Waals surface area contributed by atoms with Crippen LogP contribution in [0.15, 0.2) is 83.8 Å². The van der Waals surface area contributed by atoms with Crippen molar-refractivity contribution in [2.24, 2.45) is 0 Å². The molecule has 1 aromatic heterocycles. The molecule has 0 aliphatic carbocycles. The van der Waals surface area contributed by atoms with Crippen molar-refractivity contribution in [3.8, 4) is 11.4 Å². The molecular formula is C26H24N2O3. The van der Waals surface area contributed by atoms with E-state index in [1.54, 1.807) is 30.3 Å². The summed E-state index contributed by atoms with van der Waals surface area (Å²) >= 11 is 0. The fourth-order valence-corrected chi connectivity index (χ4v) is 3.80. The number of methoxy groups -OCH3 is 1. The van der Waals surface area contributed by atoms with Crippen LogP contribution >= 0.6 is 0 Å². The lowest BCUT2D eigenvalue weighted by molar-refractivity contribution is 0.0989. The quantitative estimate of drug-likeness (QED) is 0.465. The van der Waals surface area contributed by atoms with Crippen molar-refractivity contribution in [3.05, 3.63) is 100 Å². The van der Waals surface area contributed by atoms with E-state index >= 15 is 0 Å². The number of pyridine rings is 1. The monoisotopic (exact) mass is 412 g/mol. The van der Waals surface area contributed by atoms with Gasteiger partial charge in [-0.3, -0.25) is 14.2 Å². The van der Waals surface area contributed by atoms with Gasteiger partial charge in [0.05, 0.1) is 18.4 Å². The van der Waals surface area contributed by atoms with Crippen molar-refractivity contribution in [2.75, 3.05) is 18.6 Å². The van der Waals surface area contributed by atoms with Gasteiger partial charge in [-0.25, -0.2) is 0 Å². The van der Waals surface area contributed by atoms with E-state index in [9.17, 15) is 9.59 Å². The smallest absolute Gasteiger partial charge is 0.262 e.